The van der Waals surface area contributed by atoms with Crippen LogP contribution in [0.5, 0.6) is 0 Å². The van der Waals surface area contributed by atoms with Crippen molar-refractivity contribution in [3.05, 3.63) is 54.1 Å². The number of nitrogens with one attached hydrogen (secondary N) is 3. The molecule has 7 heteroatoms. The van der Waals surface area contributed by atoms with E-state index in [0.29, 0.717) is 6.54 Å². The zero-order chi connectivity index (χ0) is 22.1. The summed E-state index contributed by atoms with van der Waals surface area (Å²) >= 11 is 0. The Balaban J connectivity index is 1.14. The van der Waals surface area contributed by atoms with Gasteiger partial charge in [-0.25, -0.2) is 9.78 Å². The van der Waals surface area contributed by atoms with E-state index >= 15 is 0 Å². The van der Waals surface area contributed by atoms with Crippen LogP contribution < -0.4 is 16.0 Å². The van der Waals surface area contributed by atoms with Gasteiger partial charge in [-0.3, -0.25) is 4.79 Å². The van der Waals surface area contributed by atoms with Crippen LogP contribution in [0.15, 0.2) is 42.7 Å². The molecule has 0 aliphatic heterocycles. The summed E-state index contributed by atoms with van der Waals surface area (Å²) in [5.74, 6) is 3.02. The Morgan fingerprint density at radius 3 is 2.34 bits per heavy atom. The zero-order valence-electron chi connectivity index (χ0n) is 18.7. The molecule has 6 rings (SSSR count). The zero-order valence-corrected chi connectivity index (χ0v) is 18.7. The van der Waals surface area contributed by atoms with Crippen molar-refractivity contribution < 1.29 is 9.59 Å². The van der Waals surface area contributed by atoms with Gasteiger partial charge in [-0.05, 0) is 61.8 Å². The summed E-state index contributed by atoms with van der Waals surface area (Å²) in [5, 5.41) is 9.30. The molecule has 0 saturated heterocycles. The fourth-order valence-electron chi connectivity index (χ4n) is 6.67. The predicted octanol–water partition coefficient (Wildman–Crippen LogP) is 3.28. The summed E-state index contributed by atoms with van der Waals surface area (Å²) in [7, 11) is 1.92. The number of rotatable bonds is 7. The van der Waals surface area contributed by atoms with Gasteiger partial charge >= 0.3 is 6.03 Å². The number of carbonyl (C=O) groups is 2. The van der Waals surface area contributed by atoms with Crippen LogP contribution in [0.3, 0.4) is 0 Å². The lowest BCUT2D eigenvalue weighted by Gasteiger charge is -2.56. The molecule has 170 valence electrons. The number of imidazole rings is 1. The molecule has 4 aliphatic carbocycles. The maximum absolute atomic E-state index is 12.7. The normalized spacial score (nSPS) is 28.8. The van der Waals surface area contributed by atoms with Crippen LogP contribution in [-0.4, -0.2) is 33.6 Å². The topological polar surface area (TPSA) is 88.1 Å². The number of carbonyl (C=O) groups excluding carboxylic acids is 2. The molecule has 3 N–H and O–H groups in total. The summed E-state index contributed by atoms with van der Waals surface area (Å²) in [5.41, 5.74) is 0.959. The van der Waals surface area contributed by atoms with Crippen molar-refractivity contribution in [2.45, 2.75) is 56.5 Å². The van der Waals surface area contributed by atoms with E-state index in [-0.39, 0.29) is 29.9 Å². The Kier molecular flexibility index (Phi) is 5.66. The van der Waals surface area contributed by atoms with Crippen LogP contribution >= 0.6 is 0 Å². The van der Waals surface area contributed by atoms with Crippen LogP contribution in [0.4, 0.5) is 4.79 Å². The average molecular weight is 436 g/mol. The highest BCUT2D eigenvalue weighted by molar-refractivity contribution is 5.79. The molecule has 4 bridgehead atoms. The molecule has 4 saturated carbocycles. The monoisotopic (exact) mass is 435 g/mol. The van der Waals surface area contributed by atoms with Crippen molar-refractivity contribution in [1.82, 2.24) is 25.5 Å². The summed E-state index contributed by atoms with van der Waals surface area (Å²) in [6.45, 7) is 0.312. The minimum atomic E-state index is -0.329. The van der Waals surface area contributed by atoms with Crippen LogP contribution in [0.25, 0.3) is 0 Å². The van der Waals surface area contributed by atoms with E-state index in [1.54, 1.807) is 6.20 Å². The Morgan fingerprint density at radius 2 is 1.75 bits per heavy atom. The summed E-state index contributed by atoms with van der Waals surface area (Å²) in [4.78, 5) is 29.7. The van der Waals surface area contributed by atoms with Gasteiger partial charge in [0, 0.05) is 37.9 Å². The standard InChI is InChI=1S/C25H33N5O2/c1-30-10-9-26-23(30)22(20-5-3-2-4-6-20)28-21(31)7-8-27-24(32)29-25-14-17-11-18(15-25)13-19(12-17)16-25/h2-6,9-10,17-19,22H,7-8,11-16H2,1H3,(H,28,31)(H2,27,29,32). The first-order valence-corrected chi connectivity index (χ1v) is 11.9. The largest absolute Gasteiger partial charge is 0.342 e. The maximum atomic E-state index is 12.7. The quantitative estimate of drug-likeness (QED) is 0.624. The second kappa shape index (κ2) is 8.60. The van der Waals surface area contributed by atoms with Crippen molar-refractivity contribution in [1.29, 1.82) is 0 Å². The smallest absolute Gasteiger partial charge is 0.315 e. The fourth-order valence-corrected chi connectivity index (χ4v) is 6.67. The lowest BCUT2D eigenvalue weighted by atomic mass is 9.53. The van der Waals surface area contributed by atoms with Gasteiger partial charge in [-0.15, -0.1) is 0 Å². The molecule has 1 unspecified atom stereocenters. The van der Waals surface area contributed by atoms with Crippen molar-refractivity contribution in [3.63, 3.8) is 0 Å². The van der Waals surface area contributed by atoms with E-state index in [2.05, 4.69) is 20.9 Å². The van der Waals surface area contributed by atoms with Gasteiger partial charge in [0.1, 0.15) is 11.9 Å². The van der Waals surface area contributed by atoms with Gasteiger partial charge < -0.3 is 20.5 Å². The third-order valence-electron chi connectivity index (χ3n) is 7.61. The van der Waals surface area contributed by atoms with E-state index in [9.17, 15) is 9.59 Å². The highest BCUT2D eigenvalue weighted by atomic mass is 16.2. The Bertz CT molecular complexity index is 934. The highest BCUT2D eigenvalue weighted by Gasteiger charge is 2.51. The maximum Gasteiger partial charge on any atom is 0.315 e. The third-order valence-corrected chi connectivity index (χ3v) is 7.61. The van der Waals surface area contributed by atoms with Crippen molar-refractivity contribution >= 4 is 11.9 Å². The number of aromatic nitrogens is 2. The molecular formula is C25H33N5O2. The lowest BCUT2D eigenvalue weighted by molar-refractivity contribution is -0.121. The van der Waals surface area contributed by atoms with E-state index in [1.807, 2.05) is 48.1 Å². The highest BCUT2D eigenvalue weighted by Crippen LogP contribution is 2.55. The molecule has 4 aliphatic rings. The van der Waals surface area contributed by atoms with Crippen LogP contribution in [0, 0.1) is 17.8 Å². The molecule has 1 aromatic carbocycles. The number of hydrogen-bond donors (Lipinski definition) is 3. The van der Waals surface area contributed by atoms with Gasteiger partial charge in [-0.1, -0.05) is 30.3 Å². The molecule has 2 aromatic rings. The van der Waals surface area contributed by atoms with Gasteiger partial charge in [-0.2, -0.15) is 0 Å². The fraction of sp³-hybridized carbons (Fsp3) is 0.560. The van der Waals surface area contributed by atoms with Gasteiger partial charge in [0.05, 0.1) is 0 Å². The van der Waals surface area contributed by atoms with Crippen molar-refractivity contribution in [3.8, 4) is 0 Å². The number of amides is 3. The molecular weight excluding hydrogens is 402 g/mol. The van der Waals surface area contributed by atoms with Crippen LogP contribution in [-0.2, 0) is 11.8 Å². The molecule has 0 radical (unpaired) electrons. The van der Waals surface area contributed by atoms with Gasteiger partial charge in [0.25, 0.3) is 0 Å². The van der Waals surface area contributed by atoms with E-state index in [0.717, 1.165) is 48.4 Å². The second-order valence-electron chi connectivity index (χ2n) is 10.1. The van der Waals surface area contributed by atoms with Crippen LogP contribution in [0.2, 0.25) is 0 Å². The molecule has 1 heterocycles. The molecule has 1 aromatic heterocycles. The summed E-state index contributed by atoms with van der Waals surface area (Å²) in [6.07, 6.45) is 11.2. The number of urea groups is 1. The van der Waals surface area contributed by atoms with E-state index in [4.69, 9.17) is 0 Å². The molecule has 4 fully saturated rings. The SMILES string of the molecule is Cn1ccnc1C(NC(=O)CCNC(=O)NC12CC3CC(CC(C3)C1)C2)c1ccccc1. The Labute approximate surface area is 189 Å². The number of aryl methyl sites for hydroxylation is 1. The first kappa shape index (κ1) is 21.0. The Morgan fingerprint density at radius 1 is 1.09 bits per heavy atom. The summed E-state index contributed by atoms with van der Waals surface area (Å²) in [6, 6.07) is 9.36. The first-order valence-electron chi connectivity index (χ1n) is 11.9. The van der Waals surface area contributed by atoms with E-state index in [1.165, 1.54) is 19.3 Å². The minimum Gasteiger partial charge on any atom is -0.342 e. The van der Waals surface area contributed by atoms with Crippen molar-refractivity contribution in [2.24, 2.45) is 24.8 Å². The second-order valence-corrected chi connectivity index (χ2v) is 10.1. The molecule has 32 heavy (non-hydrogen) atoms. The third kappa shape index (κ3) is 4.38. The number of benzene rings is 1. The average Bonchev–Trinajstić information content (AvgIpc) is 3.17. The van der Waals surface area contributed by atoms with Crippen molar-refractivity contribution in [2.75, 3.05) is 6.54 Å². The molecule has 7 nitrogen and oxygen atoms in total. The lowest BCUT2D eigenvalue weighted by Crippen LogP contribution is -2.61. The van der Waals surface area contributed by atoms with Gasteiger partial charge in [0.2, 0.25) is 5.91 Å². The van der Waals surface area contributed by atoms with E-state index < -0.39 is 0 Å². The first-order chi connectivity index (χ1) is 15.5. The minimum absolute atomic E-state index is 0.0162. The Hall–Kier alpha value is -2.83. The summed E-state index contributed by atoms with van der Waals surface area (Å²) < 4.78 is 1.91. The molecule has 1 atom stereocenters. The van der Waals surface area contributed by atoms with Crippen LogP contribution in [0.1, 0.15) is 62.4 Å². The molecule has 3 amide bonds. The number of hydrogen-bond acceptors (Lipinski definition) is 3. The number of nitrogens with zero attached hydrogens (tertiary/aromatic N) is 2. The predicted molar refractivity (Wildman–Crippen MR) is 122 cm³/mol. The molecule has 0 spiro atoms. The van der Waals surface area contributed by atoms with Gasteiger partial charge in [0.15, 0.2) is 0 Å².